The molecule has 1 nitrogen and oxygen atoms in total. The van der Waals surface area contributed by atoms with E-state index >= 15 is 0 Å². The Balaban J connectivity index is 3.04. The van der Waals surface area contributed by atoms with Gasteiger partial charge in [-0.05, 0) is 24.4 Å². The highest BCUT2D eigenvalue weighted by molar-refractivity contribution is 7.07. The molecule has 0 aliphatic carbocycles. The summed E-state index contributed by atoms with van der Waals surface area (Å²) in [6, 6.07) is 2.07. The maximum absolute atomic E-state index is 4.15. The summed E-state index contributed by atoms with van der Waals surface area (Å²) in [5.74, 6) is 0. The molecule has 1 N–H and O–H groups in total. The van der Waals surface area contributed by atoms with Crippen LogP contribution < -0.4 is 9.75 Å². The van der Waals surface area contributed by atoms with Crippen LogP contribution in [0.2, 0.25) is 0 Å². The number of rotatable bonds is 2. The second kappa shape index (κ2) is 4.60. The largest absolute Gasteiger partial charge is 0.354 e. The van der Waals surface area contributed by atoms with Crippen LogP contribution in [0.3, 0.4) is 0 Å². The second-order valence-electron chi connectivity index (χ2n) is 3.77. The number of H-pyrrole nitrogens is 1. The first-order valence-corrected chi connectivity index (χ1v) is 6.29. The van der Waals surface area contributed by atoms with Crippen molar-refractivity contribution >= 4 is 36.6 Å². The third kappa shape index (κ3) is 1.92. The maximum Gasteiger partial charge on any atom is 0.0546 e. The molecule has 0 atom stereocenters. The van der Waals surface area contributed by atoms with Crippen LogP contribution in [-0.4, -0.2) is 4.98 Å². The van der Waals surface area contributed by atoms with Gasteiger partial charge in [-0.15, -0.1) is 11.3 Å². The van der Waals surface area contributed by atoms with E-state index in [1.54, 1.807) is 11.3 Å². The van der Waals surface area contributed by atoms with E-state index in [1.807, 2.05) is 24.5 Å². The standard InChI is InChI=1S/C15H15NS/c1-5-7-12-10(3)15(16-14(12)6-2)13-8-9-17-11(13)4/h5-9,16H,2-4H2,1H3/b7-5-,15-13+. The van der Waals surface area contributed by atoms with Crippen molar-refractivity contribution < 1.29 is 0 Å². The molecule has 2 heterocycles. The Hall–Kier alpha value is -1.80. The predicted octanol–water partition coefficient (Wildman–Crippen LogP) is 2.86. The number of allylic oxidation sites excluding steroid dienone is 1. The molecular weight excluding hydrogens is 226 g/mol. The van der Waals surface area contributed by atoms with Gasteiger partial charge in [0.25, 0.3) is 0 Å². The Morgan fingerprint density at radius 1 is 1.35 bits per heavy atom. The van der Waals surface area contributed by atoms with Crippen molar-refractivity contribution in [1.29, 1.82) is 0 Å². The molecule has 0 aromatic carbocycles. The third-order valence-electron chi connectivity index (χ3n) is 2.73. The Bertz CT molecular complexity index is 759. The molecule has 0 aliphatic heterocycles. The van der Waals surface area contributed by atoms with Crippen molar-refractivity contribution in [3.63, 3.8) is 0 Å². The van der Waals surface area contributed by atoms with E-state index in [2.05, 4.69) is 36.9 Å². The first kappa shape index (κ1) is 11.7. The smallest absolute Gasteiger partial charge is 0.0546 e. The zero-order valence-electron chi connectivity index (χ0n) is 9.92. The van der Waals surface area contributed by atoms with Crippen LogP contribution in [0.25, 0.3) is 25.3 Å². The minimum absolute atomic E-state index is 1.00. The van der Waals surface area contributed by atoms with Crippen LogP contribution in [0.5, 0.6) is 0 Å². The summed E-state index contributed by atoms with van der Waals surface area (Å²) in [7, 11) is 0. The molecule has 0 bridgehead atoms. The van der Waals surface area contributed by atoms with Crippen LogP contribution >= 0.6 is 11.3 Å². The van der Waals surface area contributed by atoms with E-state index in [0.717, 1.165) is 31.6 Å². The van der Waals surface area contributed by atoms with Crippen molar-refractivity contribution in [2.45, 2.75) is 6.92 Å². The van der Waals surface area contributed by atoms with Crippen LogP contribution in [0.4, 0.5) is 0 Å². The zero-order chi connectivity index (χ0) is 12.4. The lowest BCUT2D eigenvalue weighted by Gasteiger charge is -1.88. The molecule has 0 saturated carbocycles. The number of aromatic amines is 1. The lowest BCUT2D eigenvalue weighted by molar-refractivity contribution is 1.27. The lowest BCUT2D eigenvalue weighted by atomic mass is 10.2. The molecule has 17 heavy (non-hydrogen) atoms. The minimum Gasteiger partial charge on any atom is -0.354 e. The van der Waals surface area contributed by atoms with Gasteiger partial charge in [-0.3, -0.25) is 0 Å². The Morgan fingerprint density at radius 2 is 2.12 bits per heavy atom. The first-order valence-electron chi connectivity index (χ1n) is 5.42. The van der Waals surface area contributed by atoms with Crippen LogP contribution in [-0.2, 0) is 0 Å². The molecule has 2 aromatic heterocycles. The van der Waals surface area contributed by atoms with Crippen molar-refractivity contribution in [2.75, 3.05) is 0 Å². The highest BCUT2D eigenvalue weighted by Crippen LogP contribution is 2.06. The molecule has 0 spiro atoms. The topological polar surface area (TPSA) is 15.8 Å². The normalized spacial score (nSPS) is 13.2. The second-order valence-corrected chi connectivity index (χ2v) is 4.77. The van der Waals surface area contributed by atoms with E-state index < -0.39 is 0 Å². The average molecular weight is 241 g/mol. The van der Waals surface area contributed by atoms with Crippen LogP contribution in [0, 0.1) is 10.6 Å². The van der Waals surface area contributed by atoms with Gasteiger partial charge in [-0.2, -0.15) is 0 Å². The predicted molar refractivity (Wildman–Crippen MR) is 77.9 cm³/mol. The molecular formula is C15H15NS. The van der Waals surface area contributed by atoms with Gasteiger partial charge >= 0.3 is 0 Å². The summed E-state index contributed by atoms with van der Waals surface area (Å²) in [6.07, 6.45) is 5.88. The number of hydrogen-bond acceptors (Lipinski definition) is 1. The first-order chi connectivity index (χ1) is 8.19. The van der Waals surface area contributed by atoms with E-state index in [-0.39, 0.29) is 0 Å². The summed E-state index contributed by atoms with van der Waals surface area (Å²) in [6.45, 7) is 14.0. The van der Waals surface area contributed by atoms with Gasteiger partial charge in [0.1, 0.15) is 0 Å². The van der Waals surface area contributed by atoms with Gasteiger partial charge in [0.05, 0.1) is 5.35 Å². The fourth-order valence-corrected chi connectivity index (χ4v) is 2.55. The van der Waals surface area contributed by atoms with E-state index in [1.165, 1.54) is 0 Å². The maximum atomic E-state index is 4.15. The average Bonchev–Trinajstić information content (AvgIpc) is 2.85. The number of nitrogens with one attached hydrogen (secondary N) is 1. The zero-order valence-corrected chi connectivity index (χ0v) is 10.7. The lowest BCUT2D eigenvalue weighted by Crippen LogP contribution is -2.03. The van der Waals surface area contributed by atoms with E-state index in [9.17, 15) is 0 Å². The third-order valence-corrected chi connectivity index (χ3v) is 3.51. The van der Waals surface area contributed by atoms with Crippen LogP contribution in [0.15, 0.2) is 24.1 Å². The van der Waals surface area contributed by atoms with Crippen molar-refractivity contribution in [3.8, 4) is 0 Å². The van der Waals surface area contributed by atoms with E-state index in [4.69, 9.17) is 0 Å². The van der Waals surface area contributed by atoms with Crippen LogP contribution in [0.1, 0.15) is 18.2 Å². The van der Waals surface area contributed by atoms with Gasteiger partial charge in [0.2, 0.25) is 0 Å². The fourth-order valence-electron chi connectivity index (χ4n) is 1.89. The monoisotopic (exact) mass is 241 g/mol. The highest BCUT2D eigenvalue weighted by Gasteiger charge is 2.02. The van der Waals surface area contributed by atoms with Gasteiger partial charge in [0.15, 0.2) is 0 Å². The molecule has 0 aliphatic rings. The van der Waals surface area contributed by atoms with Crippen molar-refractivity contribution in [1.82, 2.24) is 4.98 Å². The molecule has 2 aromatic rings. The Kier molecular flexibility index (Phi) is 3.16. The summed E-state index contributed by atoms with van der Waals surface area (Å²) in [5, 5.41) is 5.21. The minimum atomic E-state index is 1.00. The van der Waals surface area contributed by atoms with Gasteiger partial charge in [-0.25, -0.2) is 0 Å². The number of thiophene rings is 1. The molecule has 0 amide bonds. The molecule has 86 valence electrons. The van der Waals surface area contributed by atoms with Crippen molar-refractivity contribution in [2.24, 2.45) is 0 Å². The Morgan fingerprint density at radius 3 is 2.65 bits per heavy atom. The number of hydrogen-bond donors (Lipinski definition) is 1. The van der Waals surface area contributed by atoms with Gasteiger partial charge in [0, 0.05) is 26.2 Å². The number of aromatic nitrogens is 1. The highest BCUT2D eigenvalue weighted by atomic mass is 32.1. The molecule has 0 saturated heterocycles. The SMILES string of the molecule is C=Cc1[nH]/c(=c2\ccsc2=C)c(=C)c1/C=C\C. The summed E-state index contributed by atoms with van der Waals surface area (Å²) in [4.78, 5) is 3.36. The molecule has 0 fully saturated rings. The Labute approximate surface area is 104 Å². The quantitative estimate of drug-likeness (QED) is 0.832. The van der Waals surface area contributed by atoms with Crippen molar-refractivity contribution in [3.05, 3.63) is 55.7 Å². The van der Waals surface area contributed by atoms with E-state index in [0.29, 0.717) is 0 Å². The molecule has 0 radical (unpaired) electrons. The van der Waals surface area contributed by atoms with Gasteiger partial charge < -0.3 is 4.98 Å². The van der Waals surface area contributed by atoms with Gasteiger partial charge in [-0.1, -0.05) is 31.9 Å². The molecule has 2 rings (SSSR count). The summed E-state index contributed by atoms with van der Waals surface area (Å²) < 4.78 is 1.05. The fraction of sp³-hybridized carbons (Fsp3) is 0.0667. The molecule has 0 unspecified atom stereocenters. The molecule has 2 heteroatoms. The summed E-state index contributed by atoms with van der Waals surface area (Å²) >= 11 is 1.64. The summed E-state index contributed by atoms with van der Waals surface area (Å²) in [5.41, 5.74) is 2.11.